The summed E-state index contributed by atoms with van der Waals surface area (Å²) in [4.78, 5) is 0. The third kappa shape index (κ3) is 5.44. The third-order valence-corrected chi connectivity index (χ3v) is 5.18. The highest BCUT2D eigenvalue weighted by Gasteiger charge is 2.16. The average Bonchev–Trinajstić information content (AvgIpc) is 2.42. The molecule has 2 atom stereocenters. The van der Waals surface area contributed by atoms with Gasteiger partial charge in [0, 0.05) is 0 Å². The summed E-state index contributed by atoms with van der Waals surface area (Å²) in [6, 6.07) is 0. The first kappa shape index (κ1) is 13.4. The van der Waals surface area contributed by atoms with Gasteiger partial charge in [0.2, 0.25) is 0 Å². The Labute approximate surface area is 109 Å². The van der Waals surface area contributed by atoms with Crippen LogP contribution in [0.4, 0.5) is 0 Å². The molecule has 0 aromatic heterocycles. The fraction of sp³-hybridized carbons (Fsp3) is 1.00. The first-order chi connectivity index (χ1) is 8.45. The molecule has 2 aliphatic rings. The Balaban J connectivity index is 1.86. The SMILES string of the molecule is C1CCCCC2CCCCCC(CCC1)CC2. The molecule has 0 aliphatic heterocycles. The average molecular weight is 236 g/mol. The second-order valence-electron chi connectivity index (χ2n) is 6.65. The summed E-state index contributed by atoms with van der Waals surface area (Å²) in [6.45, 7) is 0. The van der Waals surface area contributed by atoms with E-state index in [1.54, 1.807) is 38.5 Å². The number of rotatable bonds is 0. The summed E-state index contributed by atoms with van der Waals surface area (Å²) in [5.41, 5.74) is 0. The van der Waals surface area contributed by atoms with E-state index in [1.807, 2.05) is 0 Å². The standard InChI is InChI=1S/C17H32/c1-2-4-7-11-17-13-9-5-8-12-16(14-15-17)10-6-3-1/h16-17H,1-15H2. The lowest BCUT2D eigenvalue weighted by molar-refractivity contribution is 0.326. The fourth-order valence-electron chi connectivity index (χ4n) is 3.95. The van der Waals surface area contributed by atoms with Crippen molar-refractivity contribution in [3.05, 3.63) is 0 Å². The van der Waals surface area contributed by atoms with Crippen molar-refractivity contribution < 1.29 is 0 Å². The van der Waals surface area contributed by atoms with Crippen molar-refractivity contribution in [2.24, 2.45) is 11.8 Å². The largest absolute Gasteiger partial charge is 0.0533 e. The van der Waals surface area contributed by atoms with Crippen LogP contribution in [0.2, 0.25) is 0 Å². The van der Waals surface area contributed by atoms with Crippen molar-refractivity contribution >= 4 is 0 Å². The zero-order valence-corrected chi connectivity index (χ0v) is 11.8. The summed E-state index contributed by atoms with van der Waals surface area (Å²) < 4.78 is 0. The highest BCUT2D eigenvalue weighted by atomic mass is 14.2. The van der Waals surface area contributed by atoms with Crippen LogP contribution < -0.4 is 0 Å². The maximum absolute atomic E-state index is 1.56. The molecule has 0 saturated heterocycles. The van der Waals surface area contributed by atoms with E-state index < -0.39 is 0 Å². The van der Waals surface area contributed by atoms with Crippen molar-refractivity contribution in [2.45, 2.75) is 96.3 Å². The van der Waals surface area contributed by atoms with Crippen LogP contribution in [-0.2, 0) is 0 Å². The van der Waals surface area contributed by atoms with Gasteiger partial charge in [-0.2, -0.15) is 0 Å². The number of hydrogen-bond acceptors (Lipinski definition) is 0. The van der Waals surface area contributed by atoms with E-state index in [4.69, 9.17) is 0 Å². The van der Waals surface area contributed by atoms with Crippen LogP contribution in [0.25, 0.3) is 0 Å². The molecule has 0 aromatic rings. The van der Waals surface area contributed by atoms with Crippen LogP contribution >= 0.6 is 0 Å². The molecule has 0 aromatic carbocycles. The van der Waals surface area contributed by atoms with Crippen LogP contribution in [0, 0.1) is 11.8 Å². The lowest BCUT2D eigenvalue weighted by atomic mass is 9.86. The predicted molar refractivity (Wildman–Crippen MR) is 76.2 cm³/mol. The van der Waals surface area contributed by atoms with E-state index in [0.29, 0.717) is 0 Å². The van der Waals surface area contributed by atoms with Gasteiger partial charge in [0.15, 0.2) is 0 Å². The molecule has 100 valence electrons. The van der Waals surface area contributed by atoms with Gasteiger partial charge in [-0.3, -0.25) is 0 Å². The van der Waals surface area contributed by atoms with Gasteiger partial charge in [-0.25, -0.2) is 0 Å². The Bertz CT molecular complexity index is 164. The van der Waals surface area contributed by atoms with Gasteiger partial charge in [0.1, 0.15) is 0 Å². The number of fused-ring (bicyclic) bond motifs is 3. The molecule has 0 radical (unpaired) electrons. The quantitative estimate of drug-likeness (QED) is 0.477. The first-order valence-electron chi connectivity index (χ1n) is 8.45. The van der Waals surface area contributed by atoms with E-state index in [2.05, 4.69) is 0 Å². The fourth-order valence-corrected chi connectivity index (χ4v) is 3.95. The Morgan fingerprint density at radius 1 is 0.294 bits per heavy atom. The Kier molecular flexibility index (Phi) is 6.45. The lowest BCUT2D eigenvalue weighted by Gasteiger charge is -2.20. The minimum Gasteiger partial charge on any atom is -0.0533 e. The van der Waals surface area contributed by atoms with Gasteiger partial charge in [0.05, 0.1) is 0 Å². The van der Waals surface area contributed by atoms with Crippen molar-refractivity contribution in [1.82, 2.24) is 0 Å². The molecule has 2 rings (SSSR count). The molecule has 0 heterocycles. The Morgan fingerprint density at radius 3 is 1.00 bits per heavy atom. The van der Waals surface area contributed by atoms with Crippen LogP contribution in [0.15, 0.2) is 0 Å². The maximum Gasteiger partial charge on any atom is -0.0414 e. The minimum absolute atomic E-state index is 1.09. The molecule has 0 N–H and O–H groups in total. The molecule has 17 heavy (non-hydrogen) atoms. The summed E-state index contributed by atoms with van der Waals surface area (Å²) in [5, 5.41) is 0. The van der Waals surface area contributed by atoms with Crippen LogP contribution in [0.1, 0.15) is 96.3 Å². The highest BCUT2D eigenvalue weighted by Crippen LogP contribution is 2.31. The summed E-state index contributed by atoms with van der Waals surface area (Å²) >= 11 is 0. The van der Waals surface area contributed by atoms with Crippen molar-refractivity contribution in [3.63, 3.8) is 0 Å². The van der Waals surface area contributed by atoms with Crippen LogP contribution in [0.3, 0.4) is 0 Å². The first-order valence-corrected chi connectivity index (χ1v) is 8.45. The minimum atomic E-state index is 1.09. The topological polar surface area (TPSA) is 0 Å². The molecule has 2 bridgehead atoms. The highest BCUT2D eigenvalue weighted by molar-refractivity contribution is 4.69. The molecule has 2 aliphatic carbocycles. The second-order valence-corrected chi connectivity index (χ2v) is 6.65. The molecule has 2 fully saturated rings. The summed E-state index contributed by atoms with van der Waals surface area (Å²) in [6.07, 6.45) is 23.0. The summed E-state index contributed by atoms with van der Waals surface area (Å²) in [5.74, 6) is 2.19. The Morgan fingerprint density at radius 2 is 0.588 bits per heavy atom. The molecule has 0 nitrogen and oxygen atoms in total. The van der Waals surface area contributed by atoms with Crippen molar-refractivity contribution in [3.8, 4) is 0 Å². The Hall–Kier alpha value is 0. The summed E-state index contributed by atoms with van der Waals surface area (Å²) in [7, 11) is 0. The predicted octanol–water partition coefficient (Wildman–Crippen LogP) is 6.10. The molecule has 0 amide bonds. The number of hydrogen-bond donors (Lipinski definition) is 0. The van der Waals surface area contributed by atoms with Gasteiger partial charge in [-0.1, -0.05) is 96.3 Å². The molecular weight excluding hydrogens is 204 g/mol. The molecule has 2 saturated carbocycles. The van der Waals surface area contributed by atoms with Crippen LogP contribution in [0.5, 0.6) is 0 Å². The molecule has 2 unspecified atom stereocenters. The van der Waals surface area contributed by atoms with Crippen molar-refractivity contribution in [1.29, 1.82) is 0 Å². The smallest absolute Gasteiger partial charge is 0.0414 e. The van der Waals surface area contributed by atoms with E-state index in [1.165, 1.54) is 57.8 Å². The normalized spacial score (nSPS) is 33.9. The van der Waals surface area contributed by atoms with E-state index in [-0.39, 0.29) is 0 Å². The van der Waals surface area contributed by atoms with Crippen molar-refractivity contribution in [2.75, 3.05) is 0 Å². The third-order valence-electron chi connectivity index (χ3n) is 5.18. The zero-order chi connectivity index (χ0) is 11.8. The van der Waals surface area contributed by atoms with Gasteiger partial charge >= 0.3 is 0 Å². The molecule has 0 heteroatoms. The van der Waals surface area contributed by atoms with Gasteiger partial charge < -0.3 is 0 Å². The van der Waals surface area contributed by atoms with Crippen LogP contribution in [-0.4, -0.2) is 0 Å². The maximum atomic E-state index is 1.56. The van der Waals surface area contributed by atoms with Gasteiger partial charge in [-0.05, 0) is 11.8 Å². The van der Waals surface area contributed by atoms with Gasteiger partial charge in [-0.15, -0.1) is 0 Å². The van der Waals surface area contributed by atoms with Gasteiger partial charge in [0.25, 0.3) is 0 Å². The second kappa shape index (κ2) is 8.16. The van der Waals surface area contributed by atoms with E-state index in [9.17, 15) is 0 Å². The monoisotopic (exact) mass is 236 g/mol. The molecule has 0 spiro atoms. The zero-order valence-electron chi connectivity index (χ0n) is 11.8. The molecular formula is C17H32. The van der Waals surface area contributed by atoms with E-state index >= 15 is 0 Å². The van der Waals surface area contributed by atoms with E-state index in [0.717, 1.165) is 11.8 Å². The lowest BCUT2D eigenvalue weighted by Crippen LogP contribution is -2.06.